The smallest absolute Gasteiger partial charge is 0.229 e. The number of halogens is 2. The van der Waals surface area contributed by atoms with Crippen LogP contribution >= 0.6 is 36.2 Å². The van der Waals surface area contributed by atoms with Crippen molar-refractivity contribution in [3.05, 3.63) is 11.1 Å². The van der Waals surface area contributed by atoms with Gasteiger partial charge in [0.05, 0.1) is 5.69 Å². The molecule has 0 aliphatic carbocycles. The Morgan fingerprint density at radius 2 is 2.25 bits per heavy atom. The number of thiazole rings is 1. The molecule has 1 amide bonds. The molecule has 138 valence electrons. The van der Waals surface area contributed by atoms with Crippen LogP contribution in [-0.4, -0.2) is 42.0 Å². The highest BCUT2D eigenvalue weighted by Crippen LogP contribution is 2.23. The van der Waals surface area contributed by atoms with E-state index in [4.69, 9.17) is 0 Å². The fourth-order valence-corrected chi connectivity index (χ4v) is 3.90. The van der Waals surface area contributed by atoms with E-state index in [9.17, 15) is 4.79 Å². The molecule has 0 aromatic carbocycles. The van der Waals surface area contributed by atoms with Crippen molar-refractivity contribution >= 4 is 47.2 Å². The Morgan fingerprint density at radius 1 is 1.50 bits per heavy atom. The normalized spacial score (nSPS) is 22.7. The Bertz CT molecular complexity index is 524. The molecule has 2 N–H and O–H groups in total. The number of aromatic nitrogens is 1. The number of nitrogens with zero attached hydrogens (tertiary/aromatic N) is 2. The Morgan fingerprint density at radius 3 is 2.88 bits per heavy atom. The SMILES string of the molecule is CC1CCCN(Cc2csc(NC(=O)C(C)C3CNC3)n2)C1.Cl.Cl. The third kappa shape index (κ3) is 5.56. The molecule has 0 bridgehead atoms. The van der Waals surface area contributed by atoms with Crippen molar-refractivity contribution < 1.29 is 4.79 Å². The van der Waals surface area contributed by atoms with Gasteiger partial charge in [0.15, 0.2) is 5.13 Å². The number of anilines is 1. The van der Waals surface area contributed by atoms with Crippen LogP contribution in [-0.2, 0) is 11.3 Å². The van der Waals surface area contributed by atoms with Crippen molar-refractivity contribution in [2.24, 2.45) is 17.8 Å². The van der Waals surface area contributed by atoms with E-state index in [-0.39, 0.29) is 36.6 Å². The topological polar surface area (TPSA) is 57.3 Å². The van der Waals surface area contributed by atoms with Crippen LogP contribution in [0.1, 0.15) is 32.4 Å². The van der Waals surface area contributed by atoms with Crippen LogP contribution in [0.15, 0.2) is 5.38 Å². The minimum Gasteiger partial charge on any atom is -0.316 e. The fraction of sp³-hybridized carbons (Fsp3) is 0.750. The Hall–Kier alpha value is -0.400. The van der Waals surface area contributed by atoms with Crippen molar-refractivity contribution in [1.82, 2.24) is 15.2 Å². The van der Waals surface area contributed by atoms with Gasteiger partial charge in [0.1, 0.15) is 0 Å². The first kappa shape index (κ1) is 21.6. The number of nitrogens with one attached hydrogen (secondary N) is 2. The van der Waals surface area contributed by atoms with E-state index in [1.807, 2.05) is 6.92 Å². The van der Waals surface area contributed by atoms with Crippen LogP contribution in [0, 0.1) is 17.8 Å². The predicted molar refractivity (Wildman–Crippen MR) is 104 cm³/mol. The quantitative estimate of drug-likeness (QED) is 0.805. The van der Waals surface area contributed by atoms with Gasteiger partial charge in [0, 0.05) is 24.4 Å². The van der Waals surface area contributed by atoms with Crippen molar-refractivity contribution in [2.75, 3.05) is 31.5 Å². The summed E-state index contributed by atoms with van der Waals surface area (Å²) in [7, 11) is 0. The van der Waals surface area contributed by atoms with Crippen LogP contribution in [0.25, 0.3) is 0 Å². The summed E-state index contributed by atoms with van der Waals surface area (Å²) in [5.41, 5.74) is 1.08. The van der Waals surface area contributed by atoms with Crippen molar-refractivity contribution in [2.45, 2.75) is 33.2 Å². The number of likely N-dealkylation sites (tertiary alicyclic amines) is 1. The number of hydrogen-bond acceptors (Lipinski definition) is 5. The largest absolute Gasteiger partial charge is 0.316 e. The highest BCUT2D eigenvalue weighted by Gasteiger charge is 2.29. The van der Waals surface area contributed by atoms with Crippen LogP contribution in [0.5, 0.6) is 0 Å². The first-order valence-electron chi connectivity index (χ1n) is 8.30. The highest BCUT2D eigenvalue weighted by molar-refractivity contribution is 7.13. The Kier molecular flexibility index (Phi) is 8.95. The van der Waals surface area contributed by atoms with Gasteiger partial charge < -0.3 is 10.6 Å². The molecule has 2 aliphatic rings. The first-order valence-corrected chi connectivity index (χ1v) is 9.18. The van der Waals surface area contributed by atoms with E-state index in [1.54, 1.807) is 0 Å². The molecule has 3 rings (SSSR count). The maximum atomic E-state index is 12.2. The third-order valence-electron chi connectivity index (χ3n) is 4.84. The summed E-state index contributed by atoms with van der Waals surface area (Å²) < 4.78 is 0. The molecular formula is C16H28Cl2N4OS. The molecule has 8 heteroatoms. The van der Waals surface area contributed by atoms with E-state index >= 15 is 0 Å². The van der Waals surface area contributed by atoms with Gasteiger partial charge in [-0.15, -0.1) is 36.2 Å². The van der Waals surface area contributed by atoms with Gasteiger partial charge >= 0.3 is 0 Å². The minimum absolute atomic E-state index is 0. The molecule has 2 aliphatic heterocycles. The molecule has 0 radical (unpaired) electrons. The van der Waals surface area contributed by atoms with Gasteiger partial charge in [-0.2, -0.15) is 0 Å². The van der Waals surface area contributed by atoms with Gasteiger partial charge in [-0.05, 0) is 44.3 Å². The van der Waals surface area contributed by atoms with Crippen molar-refractivity contribution in [3.8, 4) is 0 Å². The van der Waals surface area contributed by atoms with Crippen molar-refractivity contribution in [3.63, 3.8) is 0 Å². The molecule has 2 unspecified atom stereocenters. The Labute approximate surface area is 160 Å². The summed E-state index contributed by atoms with van der Waals surface area (Å²) in [6.45, 7) is 9.44. The maximum absolute atomic E-state index is 12.2. The van der Waals surface area contributed by atoms with E-state index in [1.165, 1.54) is 24.2 Å². The summed E-state index contributed by atoms with van der Waals surface area (Å²) in [5.74, 6) is 1.40. The van der Waals surface area contributed by atoms with Gasteiger partial charge in [0.2, 0.25) is 5.91 Å². The molecule has 0 spiro atoms. The number of carbonyl (C=O) groups excluding carboxylic acids is 1. The summed E-state index contributed by atoms with van der Waals surface area (Å²) in [6, 6.07) is 0. The monoisotopic (exact) mass is 394 g/mol. The average molecular weight is 395 g/mol. The molecule has 5 nitrogen and oxygen atoms in total. The number of hydrogen-bond donors (Lipinski definition) is 2. The van der Waals surface area contributed by atoms with Gasteiger partial charge in [-0.25, -0.2) is 4.98 Å². The third-order valence-corrected chi connectivity index (χ3v) is 5.65. The standard InChI is InChI=1S/C16H26N4OS.2ClH/c1-11-4-3-5-20(8-11)9-14-10-22-16(18-14)19-15(21)12(2)13-6-17-7-13;;/h10-13,17H,3-9H2,1-2H3,(H,18,19,21);2*1H. The second-order valence-corrected chi connectivity index (χ2v) is 7.68. The van der Waals surface area contributed by atoms with Gasteiger partial charge in [-0.3, -0.25) is 9.69 Å². The van der Waals surface area contributed by atoms with E-state index in [0.717, 1.165) is 49.5 Å². The molecule has 2 saturated heterocycles. The zero-order chi connectivity index (χ0) is 15.5. The predicted octanol–water partition coefficient (Wildman–Crippen LogP) is 3.01. The van der Waals surface area contributed by atoms with Crippen LogP contribution in [0.3, 0.4) is 0 Å². The second kappa shape index (κ2) is 9.92. The molecule has 0 saturated carbocycles. The Balaban J connectivity index is 0.00000144. The van der Waals surface area contributed by atoms with Gasteiger partial charge in [0.25, 0.3) is 0 Å². The van der Waals surface area contributed by atoms with E-state index in [2.05, 4.69) is 32.8 Å². The number of rotatable bonds is 5. The number of piperidine rings is 1. The molecule has 2 fully saturated rings. The van der Waals surface area contributed by atoms with Gasteiger partial charge in [-0.1, -0.05) is 13.8 Å². The first-order chi connectivity index (χ1) is 10.6. The van der Waals surface area contributed by atoms with Crippen LogP contribution < -0.4 is 10.6 Å². The summed E-state index contributed by atoms with van der Waals surface area (Å²) in [6.07, 6.45) is 2.62. The maximum Gasteiger partial charge on any atom is 0.229 e. The molecule has 1 aromatic heterocycles. The van der Waals surface area contributed by atoms with Crippen molar-refractivity contribution in [1.29, 1.82) is 0 Å². The molecule has 2 atom stereocenters. The lowest BCUT2D eigenvalue weighted by Crippen LogP contribution is -2.48. The van der Waals surface area contributed by atoms with E-state index < -0.39 is 0 Å². The lowest BCUT2D eigenvalue weighted by Gasteiger charge is -2.31. The molecule has 24 heavy (non-hydrogen) atoms. The summed E-state index contributed by atoms with van der Waals surface area (Å²) >= 11 is 1.54. The lowest BCUT2D eigenvalue weighted by molar-refractivity contribution is -0.121. The van der Waals surface area contributed by atoms with Crippen LogP contribution in [0.2, 0.25) is 0 Å². The van der Waals surface area contributed by atoms with Crippen LogP contribution in [0.4, 0.5) is 5.13 Å². The zero-order valence-electron chi connectivity index (χ0n) is 14.3. The second-order valence-electron chi connectivity index (χ2n) is 6.82. The number of amides is 1. The molecule has 3 heterocycles. The molecular weight excluding hydrogens is 367 g/mol. The molecule has 1 aromatic rings. The summed E-state index contributed by atoms with van der Waals surface area (Å²) in [5, 5.41) is 9.01. The summed E-state index contributed by atoms with van der Waals surface area (Å²) in [4.78, 5) is 19.3. The van der Waals surface area contributed by atoms with E-state index in [0.29, 0.717) is 5.92 Å². The fourth-order valence-electron chi connectivity index (χ4n) is 3.19. The zero-order valence-corrected chi connectivity index (χ0v) is 16.7. The number of carbonyl (C=O) groups is 1. The lowest BCUT2D eigenvalue weighted by atomic mass is 9.88. The minimum atomic E-state index is 0. The highest BCUT2D eigenvalue weighted by atomic mass is 35.5. The average Bonchev–Trinajstić information content (AvgIpc) is 2.84.